The maximum atomic E-state index is 11.7. The standard InChI is InChI=1S/C10H14F3NO4/c11-10(12,13)5-18-4-8(15)14-7-2-1-6(3-7)9(16)17/h6-7H,1-5H2,(H,14,15)(H,16,17)/t6-,7+/m1/s1. The Morgan fingerprint density at radius 3 is 2.50 bits per heavy atom. The molecule has 1 amide bonds. The van der Waals surface area contributed by atoms with Crippen LogP contribution >= 0.6 is 0 Å². The van der Waals surface area contributed by atoms with Crippen LogP contribution in [0.5, 0.6) is 0 Å². The molecule has 0 aliphatic heterocycles. The predicted molar refractivity (Wildman–Crippen MR) is 53.8 cm³/mol. The Morgan fingerprint density at radius 2 is 2.00 bits per heavy atom. The quantitative estimate of drug-likeness (QED) is 0.778. The molecule has 8 heteroatoms. The lowest BCUT2D eigenvalue weighted by Crippen LogP contribution is -2.36. The van der Waals surface area contributed by atoms with Crippen LogP contribution in [0, 0.1) is 5.92 Å². The molecule has 0 unspecified atom stereocenters. The van der Waals surface area contributed by atoms with Crippen LogP contribution in [0.2, 0.25) is 0 Å². The van der Waals surface area contributed by atoms with Gasteiger partial charge in [0.25, 0.3) is 0 Å². The molecule has 104 valence electrons. The van der Waals surface area contributed by atoms with Gasteiger partial charge in [-0.3, -0.25) is 9.59 Å². The lowest BCUT2D eigenvalue weighted by molar-refractivity contribution is -0.175. The summed E-state index contributed by atoms with van der Waals surface area (Å²) in [6.07, 6.45) is -3.17. The summed E-state index contributed by atoms with van der Waals surface area (Å²) in [4.78, 5) is 21.9. The number of halogens is 3. The summed E-state index contributed by atoms with van der Waals surface area (Å²) in [5.41, 5.74) is 0. The maximum absolute atomic E-state index is 11.7. The van der Waals surface area contributed by atoms with E-state index in [1.54, 1.807) is 0 Å². The van der Waals surface area contributed by atoms with Gasteiger partial charge in [0, 0.05) is 6.04 Å². The Morgan fingerprint density at radius 1 is 1.33 bits per heavy atom. The minimum atomic E-state index is -4.46. The molecule has 18 heavy (non-hydrogen) atoms. The molecule has 1 aliphatic rings. The predicted octanol–water partition coefficient (Wildman–Crippen LogP) is 0.935. The number of aliphatic carboxylic acids is 1. The fourth-order valence-corrected chi connectivity index (χ4v) is 1.87. The summed E-state index contributed by atoms with van der Waals surface area (Å²) in [6.45, 7) is -2.14. The van der Waals surface area contributed by atoms with Crippen molar-refractivity contribution in [2.45, 2.75) is 31.5 Å². The molecule has 2 N–H and O–H groups in total. The summed E-state index contributed by atoms with van der Waals surface area (Å²) < 4.78 is 39.4. The van der Waals surface area contributed by atoms with Crippen LogP contribution in [0.1, 0.15) is 19.3 Å². The monoisotopic (exact) mass is 269 g/mol. The largest absolute Gasteiger partial charge is 0.481 e. The summed E-state index contributed by atoms with van der Waals surface area (Å²) in [5, 5.41) is 11.2. The van der Waals surface area contributed by atoms with E-state index in [4.69, 9.17) is 5.11 Å². The number of alkyl halides is 3. The first-order valence-corrected chi connectivity index (χ1v) is 5.44. The molecule has 0 spiro atoms. The average molecular weight is 269 g/mol. The first kappa shape index (κ1) is 14.7. The van der Waals surface area contributed by atoms with Crippen LogP contribution in [-0.4, -0.2) is 42.4 Å². The van der Waals surface area contributed by atoms with E-state index in [0.717, 1.165) is 0 Å². The number of hydrogen-bond donors (Lipinski definition) is 2. The van der Waals surface area contributed by atoms with E-state index in [0.29, 0.717) is 19.3 Å². The number of carboxylic acids is 1. The van der Waals surface area contributed by atoms with Crippen molar-refractivity contribution in [2.75, 3.05) is 13.2 Å². The molecular weight excluding hydrogens is 255 g/mol. The van der Waals surface area contributed by atoms with Gasteiger partial charge in [0.1, 0.15) is 13.2 Å². The minimum absolute atomic E-state index is 0.298. The number of ether oxygens (including phenoxy) is 1. The second-order valence-electron chi connectivity index (χ2n) is 4.22. The van der Waals surface area contributed by atoms with Crippen LogP contribution in [0.3, 0.4) is 0 Å². The van der Waals surface area contributed by atoms with Gasteiger partial charge >= 0.3 is 12.1 Å². The molecule has 1 saturated carbocycles. The molecule has 0 saturated heterocycles. The van der Waals surface area contributed by atoms with E-state index in [1.807, 2.05) is 0 Å². The molecule has 5 nitrogen and oxygen atoms in total. The molecule has 0 radical (unpaired) electrons. The lowest BCUT2D eigenvalue weighted by Gasteiger charge is -2.13. The summed E-state index contributed by atoms with van der Waals surface area (Å²) in [6, 6.07) is -0.298. The Hall–Kier alpha value is -1.31. The third kappa shape index (κ3) is 5.35. The second-order valence-corrected chi connectivity index (χ2v) is 4.22. The van der Waals surface area contributed by atoms with Gasteiger partial charge in [0.2, 0.25) is 5.91 Å². The SMILES string of the molecule is O=C(COCC(F)(F)F)N[C@H]1CC[C@@H](C(=O)O)C1. The van der Waals surface area contributed by atoms with Crippen LogP contribution in [-0.2, 0) is 14.3 Å². The van der Waals surface area contributed by atoms with Crippen molar-refractivity contribution < 1.29 is 32.6 Å². The van der Waals surface area contributed by atoms with E-state index < -0.39 is 37.2 Å². The van der Waals surface area contributed by atoms with Gasteiger partial charge in [-0.05, 0) is 19.3 Å². The topological polar surface area (TPSA) is 75.6 Å². The van der Waals surface area contributed by atoms with Crippen molar-refractivity contribution in [3.05, 3.63) is 0 Å². The van der Waals surface area contributed by atoms with Crippen molar-refractivity contribution >= 4 is 11.9 Å². The fourth-order valence-electron chi connectivity index (χ4n) is 1.87. The summed E-state index contributed by atoms with van der Waals surface area (Å²) >= 11 is 0. The number of carboxylic acid groups (broad SMARTS) is 1. The highest BCUT2D eigenvalue weighted by Crippen LogP contribution is 2.25. The first-order valence-electron chi connectivity index (χ1n) is 5.44. The summed E-state index contributed by atoms with van der Waals surface area (Å²) in [7, 11) is 0. The van der Waals surface area contributed by atoms with Gasteiger partial charge in [-0.25, -0.2) is 0 Å². The van der Waals surface area contributed by atoms with E-state index in [9.17, 15) is 22.8 Å². The molecule has 2 atom stereocenters. The molecule has 0 bridgehead atoms. The normalized spacial score (nSPS) is 23.9. The van der Waals surface area contributed by atoms with Crippen LogP contribution in [0.4, 0.5) is 13.2 Å². The van der Waals surface area contributed by atoms with E-state index in [2.05, 4.69) is 10.1 Å². The van der Waals surface area contributed by atoms with Gasteiger partial charge in [0.05, 0.1) is 5.92 Å². The fraction of sp³-hybridized carbons (Fsp3) is 0.800. The van der Waals surface area contributed by atoms with Gasteiger partial charge in [-0.1, -0.05) is 0 Å². The zero-order chi connectivity index (χ0) is 13.8. The van der Waals surface area contributed by atoms with E-state index in [1.165, 1.54) is 0 Å². The van der Waals surface area contributed by atoms with Crippen LogP contribution in [0.25, 0.3) is 0 Å². The van der Waals surface area contributed by atoms with Crippen LogP contribution < -0.4 is 5.32 Å². The Balaban J connectivity index is 2.20. The summed E-state index contributed by atoms with van der Waals surface area (Å²) in [5.74, 6) is -2.07. The van der Waals surface area contributed by atoms with Gasteiger partial charge < -0.3 is 15.2 Å². The Kier molecular flexibility index (Phi) is 4.94. The maximum Gasteiger partial charge on any atom is 0.411 e. The van der Waals surface area contributed by atoms with Crippen molar-refractivity contribution in [3.8, 4) is 0 Å². The van der Waals surface area contributed by atoms with Crippen molar-refractivity contribution in [1.82, 2.24) is 5.32 Å². The highest BCUT2D eigenvalue weighted by molar-refractivity contribution is 5.78. The molecule has 1 fully saturated rings. The molecule has 0 heterocycles. The van der Waals surface area contributed by atoms with Crippen molar-refractivity contribution in [2.24, 2.45) is 5.92 Å². The van der Waals surface area contributed by atoms with E-state index >= 15 is 0 Å². The lowest BCUT2D eigenvalue weighted by atomic mass is 10.1. The first-order chi connectivity index (χ1) is 8.28. The van der Waals surface area contributed by atoms with Gasteiger partial charge in [-0.2, -0.15) is 13.2 Å². The minimum Gasteiger partial charge on any atom is -0.481 e. The number of carbonyl (C=O) groups excluding carboxylic acids is 1. The highest BCUT2D eigenvalue weighted by atomic mass is 19.4. The van der Waals surface area contributed by atoms with Crippen molar-refractivity contribution in [3.63, 3.8) is 0 Å². The van der Waals surface area contributed by atoms with Crippen LogP contribution in [0.15, 0.2) is 0 Å². The number of amides is 1. The molecule has 1 aliphatic carbocycles. The van der Waals surface area contributed by atoms with Gasteiger partial charge in [-0.15, -0.1) is 0 Å². The molecular formula is C10H14F3NO4. The van der Waals surface area contributed by atoms with Crippen molar-refractivity contribution in [1.29, 1.82) is 0 Å². The number of nitrogens with one attached hydrogen (secondary N) is 1. The third-order valence-electron chi connectivity index (χ3n) is 2.65. The highest BCUT2D eigenvalue weighted by Gasteiger charge is 2.31. The number of carbonyl (C=O) groups is 2. The molecule has 0 aromatic rings. The molecule has 0 aromatic heterocycles. The Labute approximate surface area is 101 Å². The Bertz CT molecular complexity index is 319. The number of hydrogen-bond acceptors (Lipinski definition) is 3. The zero-order valence-electron chi connectivity index (χ0n) is 9.50. The number of rotatable bonds is 5. The average Bonchev–Trinajstić information content (AvgIpc) is 2.64. The smallest absolute Gasteiger partial charge is 0.411 e. The van der Waals surface area contributed by atoms with E-state index in [-0.39, 0.29) is 6.04 Å². The zero-order valence-corrected chi connectivity index (χ0v) is 9.50. The van der Waals surface area contributed by atoms with Gasteiger partial charge in [0.15, 0.2) is 0 Å². The molecule has 0 aromatic carbocycles. The second kappa shape index (κ2) is 6.03. The third-order valence-corrected chi connectivity index (χ3v) is 2.65. The molecule has 1 rings (SSSR count).